The Morgan fingerprint density at radius 1 is 1.23 bits per heavy atom. The summed E-state index contributed by atoms with van der Waals surface area (Å²) in [5, 5.41) is 0.946. The summed E-state index contributed by atoms with van der Waals surface area (Å²) in [5.41, 5.74) is 3.07. The van der Waals surface area contributed by atoms with Crippen LogP contribution in [0.25, 0.3) is 22.0 Å². The Hall–Kier alpha value is -2.78. The summed E-state index contributed by atoms with van der Waals surface area (Å²) in [6.07, 6.45) is 5.37. The quantitative estimate of drug-likeness (QED) is 0.598. The highest BCUT2D eigenvalue weighted by Crippen LogP contribution is 2.40. The van der Waals surface area contributed by atoms with Gasteiger partial charge in [-0.15, -0.1) is 0 Å². The molecule has 4 rings (SSSR count). The van der Waals surface area contributed by atoms with Crippen LogP contribution >= 0.6 is 0 Å². The Bertz CT molecular complexity index is 1180. The zero-order valence-corrected chi connectivity index (χ0v) is 18.7. The minimum Gasteiger partial charge on any atom is -0.490 e. The van der Waals surface area contributed by atoms with Gasteiger partial charge in [-0.05, 0) is 31.2 Å². The van der Waals surface area contributed by atoms with E-state index in [1.807, 2.05) is 36.0 Å². The molecule has 0 radical (unpaired) electrons. The van der Waals surface area contributed by atoms with Gasteiger partial charge in [-0.3, -0.25) is 4.72 Å². The number of hydrogen-bond donors (Lipinski definition) is 1. The molecule has 0 unspecified atom stereocenters. The smallest absolute Gasteiger partial charge is 0.238 e. The predicted octanol–water partition coefficient (Wildman–Crippen LogP) is 3.57. The Morgan fingerprint density at radius 2 is 2.00 bits per heavy atom. The van der Waals surface area contributed by atoms with Crippen LogP contribution in [0.1, 0.15) is 19.8 Å². The first-order chi connectivity index (χ1) is 14.9. The molecule has 0 spiro atoms. The van der Waals surface area contributed by atoms with Gasteiger partial charge in [-0.25, -0.2) is 13.4 Å². The number of hydrogen-bond acceptors (Lipinski definition) is 6. The molecule has 0 atom stereocenters. The SMILES string of the molecule is CCS(=O)(=O)Nc1ccc(OC2CCOCC2)c(-c2cn(C)c3c(OC)nccc23)c1. The van der Waals surface area contributed by atoms with E-state index in [2.05, 4.69) is 9.71 Å². The fourth-order valence-electron chi connectivity index (χ4n) is 3.82. The molecule has 1 fully saturated rings. The second kappa shape index (κ2) is 8.76. The Morgan fingerprint density at radius 3 is 2.71 bits per heavy atom. The van der Waals surface area contributed by atoms with Crippen LogP contribution in [0.4, 0.5) is 5.69 Å². The summed E-state index contributed by atoms with van der Waals surface area (Å²) in [6.45, 7) is 2.95. The summed E-state index contributed by atoms with van der Waals surface area (Å²) in [5.74, 6) is 1.23. The molecule has 0 saturated carbocycles. The highest BCUT2D eigenvalue weighted by Gasteiger charge is 2.21. The molecule has 1 aliphatic rings. The largest absolute Gasteiger partial charge is 0.490 e. The van der Waals surface area contributed by atoms with Crippen LogP contribution in [0.15, 0.2) is 36.7 Å². The van der Waals surface area contributed by atoms with E-state index in [4.69, 9.17) is 14.2 Å². The van der Waals surface area contributed by atoms with Crippen molar-refractivity contribution in [3.8, 4) is 22.8 Å². The number of aromatic nitrogens is 2. The highest BCUT2D eigenvalue weighted by atomic mass is 32.2. The Labute approximate surface area is 182 Å². The standard InChI is InChI=1S/C22H27N3O5S/c1-4-31(26,27)24-15-5-6-20(30-16-8-11-29-12-9-16)18(13-15)19-14-25(2)21-17(19)7-10-23-22(21)28-3/h5-7,10,13-14,16,24H,4,8-9,11-12H2,1-3H3. The van der Waals surface area contributed by atoms with Crippen LogP contribution in [0.3, 0.4) is 0 Å². The number of sulfonamides is 1. The number of fused-ring (bicyclic) bond motifs is 1. The van der Waals surface area contributed by atoms with Gasteiger partial charge in [0.1, 0.15) is 17.4 Å². The summed E-state index contributed by atoms with van der Waals surface area (Å²) in [6, 6.07) is 7.31. The lowest BCUT2D eigenvalue weighted by atomic mass is 10.0. The third-order valence-electron chi connectivity index (χ3n) is 5.43. The molecule has 3 aromatic rings. The average molecular weight is 446 g/mol. The summed E-state index contributed by atoms with van der Waals surface area (Å²) in [7, 11) is 0.119. The summed E-state index contributed by atoms with van der Waals surface area (Å²) >= 11 is 0. The molecule has 0 amide bonds. The molecule has 1 saturated heterocycles. The number of methoxy groups -OCH3 is 1. The van der Waals surface area contributed by atoms with Gasteiger partial charge in [0.15, 0.2) is 0 Å². The number of aryl methyl sites for hydroxylation is 1. The summed E-state index contributed by atoms with van der Waals surface area (Å²) < 4.78 is 46.1. The lowest BCUT2D eigenvalue weighted by molar-refractivity contribution is 0.0258. The zero-order valence-electron chi connectivity index (χ0n) is 17.9. The van der Waals surface area contributed by atoms with E-state index >= 15 is 0 Å². The fourth-order valence-corrected chi connectivity index (χ4v) is 4.45. The van der Waals surface area contributed by atoms with E-state index in [1.165, 1.54) is 0 Å². The molecular weight excluding hydrogens is 418 g/mol. The molecule has 1 N–H and O–H groups in total. The van der Waals surface area contributed by atoms with Gasteiger partial charge in [0.2, 0.25) is 15.9 Å². The third kappa shape index (κ3) is 4.47. The average Bonchev–Trinajstić information content (AvgIpc) is 3.12. The van der Waals surface area contributed by atoms with Crippen molar-refractivity contribution in [2.75, 3.05) is 30.8 Å². The maximum atomic E-state index is 12.1. The molecule has 3 heterocycles. The van der Waals surface area contributed by atoms with Crippen molar-refractivity contribution in [2.24, 2.45) is 7.05 Å². The first kappa shape index (κ1) is 21.5. The number of benzene rings is 1. The maximum Gasteiger partial charge on any atom is 0.238 e. The summed E-state index contributed by atoms with van der Waals surface area (Å²) in [4.78, 5) is 4.31. The third-order valence-corrected chi connectivity index (χ3v) is 6.74. The van der Waals surface area contributed by atoms with E-state index in [0.717, 1.165) is 34.9 Å². The van der Waals surface area contributed by atoms with Gasteiger partial charge < -0.3 is 18.8 Å². The van der Waals surface area contributed by atoms with Gasteiger partial charge in [0, 0.05) is 54.5 Å². The van der Waals surface area contributed by atoms with Crippen LogP contribution in [0.5, 0.6) is 11.6 Å². The monoisotopic (exact) mass is 445 g/mol. The van der Waals surface area contributed by atoms with Crippen molar-refractivity contribution in [1.29, 1.82) is 0 Å². The maximum absolute atomic E-state index is 12.1. The van der Waals surface area contributed by atoms with Crippen LogP contribution in [-0.4, -0.2) is 50.1 Å². The van der Waals surface area contributed by atoms with E-state index in [-0.39, 0.29) is 11.9 Å². The van der Waals surface area contributed by atoms with E-state index in [9.17, 15) is 8.42 Å². The van der Waals surface area contributed by atoms with Crippen LogP contribution in [0.2, 0.25) is 0 Å². The lowest BCUT2D eigenvalue weighted by Crippen LogP contribution is -2.26. The number of nitrogens with zero attached hydrogens (tertiary/aromatic N) is 2. The van der Waals surface area contributed by atoms with Crippen molar-refractivity contribution < 1.29 is 22.6 Å². The molecular formula is C22H27N3O5S. The number of nitrogens with one attached hydrogen (secondary N) is 1. The number of anilines is 1. The molecule has 31 heavy (non-hydrogen) atoms. The number of pyridine rings is 1. The number of ether oxygens (including phenoxy) is 3. The minimum atomic E-state index is -3.40. The lowest BCUT2D eigenvalue weighted by Gasteiger charge is -2.25. The Kier molecular flexibility index (Phi) is 6.06. The minimum absolute atomic E-state index is 0.000204. The second-order valence-electron chi connectivity index (χ2n) is 7.52. The molecule has 0 bridgehead atoms. The van der Waals surface area contributed by atoms with E-state index in [1.54, 1.807) is 26.3 Å². The molecule has 166 valence electrons. The number of rotatable bonds is 7. The zero-order chi connectivity index (χ0) is 22.0. The van der Waals surface area contributed by atoms with Crippen molar-refractivity contribution in [3.63, 3.8) is 0 Å². The van der Waals surface area contributed by atoms with Crippen molar-refractivity contribution in [3.05, 3.63) is 36.7 Å². The van der Waals surface area contributed by atoms with Crippen molar-refractivity contribution in [1.82, 2.24) is 9.55 Å². The van der Waals surface area contributed by atoms with Crippen LogP contribution in [-0.2, 0) is 21.8 Å². The molecule has 0 aliphatic carbocycles. The fraction of sp³-hybridized carbons (Fsp3) is 0.409. The van der Waals surface area contributed by atoms with E-state index in [0.29, 0.717) is 30.5 Å². The normalized spacial score (nSPS) is 15.2. The Balaban J connectivity index is 1.84. The van der Waals surface area contributed by atoms with Crippen LogP contribution in [0, 0.1) is 0 Å². The van der Waals surface area contributed by atoms with Crippen molar-refractivity contribution >= 4 is 26.6 Å². The van der Waals surface area contributed by atoms with Crippen LogP contribution < -0.4 is 14.2 Å². The van der Waals surface area contributed by atoms with Gasteiger partial charge in [-0.2, -0.15) is 0 Å². The highest BCUT2D eigenvalue weighted by molar-refractivity contribution is 7.92. The van der Waals surface area contributed by atoms with Gasteiger partial charge in [0.25, 0.3) is 0 Å². The van der Waals surface area contributed by atoms with Gasteiger partial charge in [-0.1, -0.05) is 0 Å². The first-order valence-corrected chi connectivity index (χ1v) is 11.9. The van der Waals surface area contributed by atoms with Gasteiger partial charge in [0.05, 0.1) is 26.1 Å². The predicted molar refractivity (Wildman–Crippen MR) is 120 cm³/mol. The topological polar surface area (TPSA) is 91.7 Å². The molecule has 1 aromatic carbocycles. The molecule has 8 nitrogen and oxygen atoms in total. The second-order valence-corrected chi connectivity index (χ2v) is 9.53. The molecule has 9 heteroatoms. The molecule has 1 aliphatic heterocycles. The van der Waals surface area contributed by atoms with E-state index < -0.39 is 10.0 Å². The van der Waals surface area contributed by atoms with Crippen molar-refractivity contribution in [2.45, 2.75) is 25.9 Å². The first-order valence-electron chi connectivity index (χ1n) is 10.3. The van der Waals surface area contributed by atoms with Gasteiger partial charge >= 0.3 is 0 Å². The molecule has 2 aromatic heterocycles.